The molecule has 14 heavy (non-hydrogen) atoms. The van der Waals surface area contributed by atoms with Crippen molar-refractivity contribution in [2.45, 2.75) is 46.1 Å². The van der Waals surface area contributed by atoms with Crippen LogP contribution in [0.2, 0.25) is 0 Å². The van der Waals surface area contributed by atoms with E-state index in [-0.39, 0.29) is 6.54 Å². The van der Waals surface area contributed by atoms with Crippen molar-refractivity contribution in [1.82, 2.24) is 5.32 Å². The van der Waals surface area contributed by atoms with Crippen LogP contribution in [0.3, 0.4) is 0 Å². The molecule has 0 aromatic rings. The van der Waals surface area contributed by atoms with Gasteiger partial charge < -0.3 is 10.4 Å². The predicted molar refractivity (Wildman–Crippen MR) is 56.2 cm³/mol. The molecule has 1 rings (SSSR count). The van der Waals surface area contributed by atoms with Gasteiger partial charge in [0.25, 0.3) is 0 Å². The Morgan fingerprint density at radius 3 is 2.64 bits per heavy atom. The summed E-state index contributed by atoms with van der Waals surface area (Å²) >= 11 is 0. The predicted octanol–water partition coefficient (Wildman–Crippen LogP) is 1.88. The van der Waals surface area contributed by atoms with Gasteiger partial charge in [0.2, 0.25) is 0 Å². The molecule has 1 saturated carbocycles. The molecule has 0 amide bonds. The summed E-state index contributed by atoms with van der Waals surface area (Å²) in [5.74, 6) is -0.0638. The first kappa shape index (κ1) is 11.5. The third kappa shape index (κ3) is 3.66. The fourth-order valence-electron chi connectivity index (χ4n) is 2.73. The average Bonchev–Trinajstić information content (AvgIpc) is 1.96. The summed E-state index contributed by atoms with van der Waals surface area (Å²) in [6, 6.07) is 0.379. The number of carbonyl (C=O) groups is 1. The molecule has 3 nitrogen and oxygen atoms in total. The summed E-state index contributed by atoms with van der Waals surface area (Å²) in [6.45, 7) is 6.86. The van der Waals surface area contributed by atoms with E-state index in [1.54, 1.807) is 0 Å². The maximum atomic E-state index is 10.4. The van der Waals surface area contributed by atoms with Crippen molar-refractivity contribution in [3.8, 4) is 0 Å². The molecule has 0 aromatic heterocycles. The molecule has 2 unspecified atom stereocenters. The molecular weight excluding hydrogens is 178 g/mol. The number of hydrogen-bond acceptors (Lipinski definition) is 2. The first-order valence-electron chi connectivity index (χ1n) is 5.34. The largest absolute Gasteiger partial charge is 0.480 e. The number of aliphatic carboxylic acids is 1. The van der Waals surface area contributed by atoms with Crippen molar-refractivity contribution in [2.75, 3.05) is 6.54 Å². The fraction of sp³-hybridized carbons (Fsp3) is 0.909. The van der Waals surface area contributed by atoms with E-state index in [0.717, 1.165) is 12.8 Å². The Hall–Kier alpha value is -0.570. The Bertz CT molecular complexity index is 213. The SMILES string of the molecule is CC1CC(NCC(=O)O)CC(C)(C)C1. The molecule has 1 aliphatic carbocycles. The summed E-state index contributed by atoms with van der Waals surface area (Å²) in [5.41, 5.74) is 0.355. The third-order valence-electron chi connectivity index (χ3n) is 2.93. The van der Waals surface area contributed by atoms with Crippen molar-refractivity contribution < 1.29 is 9.90 Å². The summed E-state index contributed by atoms with van der Waals surface area (Å²) in [4.78, 5) is 10.4. The van der Waals surface area contributed by atoms with Crippen LogP contribution in [0.4, 0.5) is 0 Å². The minimum atomic E-state index is -0.763. The van der Waals surface area contributed by atoms with Gasteiger partial charge in [-0.2, -0.15) is 0 Å². The Kier molecular flexibility index (Phi) is 3.53. The summed E-state index contributed by atoms with van der Waals surface area (Å²) < 4.78 is 0. The standard InChI is InChI=1S/C11H21NO2/c1-8-4-9(12-7-10(13)14)6-11(2,3)5-8/h8-9,12H,4-7H2,1-3H3,(H,13,14). The molecule has 82 valence electrons. The Morgan fingerprint density at radius 2 is 2.14 bits per heavy atom. The molecule has 0 bridgehead atoms. The fourth-order valence-corrected chi connectivity index (χ4v) is 2.73. The summed E-state index contributed by atoms with van der Waals surface area (Å²) in [5, 5.41) is 11.7. The van der Waals surface area contributed by atoms with E-state index in [2.05, 4.69) is 26.1 Å². The molecule has 3 heteroatoms. The molecule has 1 fully saturated rings. The van der Waals surface area contributed by atoms with Gasteiger partial charge in [-0.3, -0.25) is 4.79 Å². The topological polar surface area (TPSA) is 49.3 Å². The molecule has 0 aromatic carbocycles. The van der Waals surface area contributed by atoms with Gasteiger partial charge in [-0.05, 0) is 30.6 Å². The van der Waals surface area contributed by atoms with Gasteiger partial charge in [0, 0.05) is 6.04 Å². The van der Waals surface area contributed by atoms with Gasteiger partial charge in [-0.25, -0.2) is 0 Å². The van der Waals surface area contributed by atoms with E-state index >= 15 is 0 Å². The van der Waals surface area contributed by atoms with Crippen LogP contribution in [-0.2, 0) is 4.79 Å². The van der Waals surface area contributed by atoms with Crippen molar-refractivity contribution in [3.05, 3.63) is 0 Å². The van der Waals surface area contributed by atoms with E-state index in [1.807, 2.05) is 0 Å². The van der Waals surface area contributed by atoms with Gasteiger partial charge in [0.15, 0.2) is 0 Å². The van der Waals surface area contributed by atoms with Gasteiger partial charge >= 0.3 is 5.97 Å². The van der Waals surface area contributed by atoms with Gasteiger partial charge in [0.05, 0.1) is 6.54 Å². The number of nitrogens with one attached hydrogen (secondary N) is 1. The maximum absolute atomic E-state index is 10.4. The zero-order valence-corrected chi connectivity index (χ0v) is 9.34. The Morgan fingerprint density at radius 1 is 1.50 bits per heavy atom. The van der Waals surface area contributed by atoms with Crippen LogP contribution >= 0.6 is 0 Å². The Labute approximate surface area is 85.9 Å². The number of carboxylic acids is 1. The molecule has 0 spiro atoms. The van der Waals surface area contributed by atoms with Crippen LogP contribution in [0.1, 0.15) is 40.0 Å². The van der Waals surface area contributed by atoms with Crippen molar-refractivity contribution in [1.29, 1.82) is 0 Å². The number of rotatable bonds is 3. The van der Waals surface area contributed by atoms with Crippen molar-refractivity contribution >= 4 is 5.97 Å². The zero-order valence-electron chi connectivity index (χ0n) is 9.34. The minimum absolute atomic E-state index is 0.0907. The molecule has 0 aliphatic heterocycles. The van der Waals surface area contributed by atoms with Crippen molar-refractivity contribution in [3.63, 3.8) is 0 Å². The van der Waals surface area contributed by atoms with E-state index in [4.69, 9.17) is 5.11 Å². The normalized spacial score (nSPS) is 31.4. The molecule has 0 saturated heterocycles. The van der Waals surface area contributed by atoms with Crippen LogP contribution in [0.25, 0.3) is 0 Å². The highest BCUT2D eigenvalue weighted by Crippen LogP contribution is 2.38. The average molecular weight is 199 g/mol. The molecular formula is C11H21NO2. The third-order valence-corrected chi connectivity index (χ3v) is 2.93. The number of hydrogen-bond donors (Lipinski definition) is 2. The van der Waals surface area contributed by atoms with Crippen LogP contribution in [-0.4, -0.2) is 23.7 Å². The lowest BCUT2D eigenvalue weighted by Crippen LogP contribution is -2.42. The van der Waals surface area contributed by atoms with E-state index in [9.17, 15) is 4.79 Å². The van der Waals surface area contributed by atoms with Crippen LogP contribution in [0, 0.1) is 11.3 Å². The van der Waals surface area contributed by atoms with Crippen molar-refractivity contribution in [2.24, 2.45) is 11.3 Å². The Balaban J connectivity index is 2.42. The second kappa shape index (κ2) is 4.30. The molecule has 2 atom stereocenters. The molecule has 0 heterocycles. The van der Waals surface area contributed by atoms with Gasteiger partial charge in [-0.15, -0.1) is 0 Å². The van der Waals surface area contributed by atoms with Crippen LogP contribution < -0.4 is 5.32 Å². The monoisotopic (exact) mass is 199 g/mol. The maximum Gasteiger partial charge on any atom is 0.317 e. The van der Waals surface area contributed by atoms with E-state index < -0.39 is 5.97 Å². The molecule has 0 radical (unpaired) electrons. The van der Waals surface area contributed by atoms with E-state index in [1.165, 1.54) is 6.42 Å². The van der Waals surface area contributed by atoms with Gasteiger partial charge in [0.1, 0.15) is 0 Å². The van der Waals surface area contributed by atoms with Crippen LogP contribution in [0.5, 0.6) is 0 Å². The summed E-state index contributed by atoms with van der Waals surface area (Å²) in [7, 11) is 0. The molecule has 2 N–H and O–H groups in total. The lowest BCUT2D eigenvalue weighted by Gasteiger charge is -2.39. The van der Waals surface area contributed by atoms with Gasteiger partial charge in [-0.1, -0.05) is 20.8 Å². The van der Waals surface area contributed by atoms with E-state index in [0.29, 0.717) is 17.4 Å². The quantitative estimate of drug-likeness (QED) is 0.729. The highest BCUT2D eigenvalue weighted by atomic mass is 16.4. The smallest absolute Gasteiger partial charge is 0.317 e. The lowest BCUT2D eigenvalue weighted by atomic mass is 9.70. The lowest BCUT2D eigenvalue weighted by molar-refractivity contribution is -0.136. The minimum Gasteiger partial charge on any atom is -0.480 e. The first-order chi connectivity index (χ1) is 6.39. The highest BCUT2D eigenvalue weighted by Gasteiger charge is 2.31. The van der Waals surface area contributed by atoms with Crippen LogP contribution in [0.15, 0.2) is 0 Å². The second-order valence-electron chi connectivity index (χ2n) is 5.38. The zero-order chi connectivity index (χ0) is 10.8. The highest BCUT2D eigenvalue weighted by molar-refractivity contribution is 5.69. The first-order valence-corrected chi connectivity index (χ1v) is 5.34. The number of carboxylic acid groups (broad SMARTS) is 1. The molecule has 1 aliphatic rings. The summed E-state index contributed by atoms with van der Waals surface area (Å²) in [6.07, 6.45) is 3.44. The second-order valence-corrected chi connectivity index (χ2v) is 5.38.